The number of phosphoric acid groups is 1. The van der Waals surface area contributed by atoms with Gasteiger partial charge in [-0.3, -0.25) is 4.89 Å². The number of rotatable bonds is 3. The molecule has 0 aromatic rings. The van der Waals surface area contributed by atoms with E-state index in [0.29, 0.717) is 6.26 Å². The van der Waals surface area contributed by atoms with Crippen molar-refractivity contribution in [2.75, 3.05) is 0 Å². The molecule has 48 valence electrons. The SMILES string of the molecule is C=COP(=O)(O)OF. The number of hydrogen-bond acceptors (Lipinski definition) is 3. The summed E-state index contributed by atoms with van der Waals surface area (Å²) in [5, 5.41) is 0. The van der Waals surface area contributed by atoms with Gasteiger partial charge < -0.3 is 4.52 Å². The molecule has 0 aliphatic heterocycles. The lowest BCUT2D eigenvalue weighted by Gasteiger charge is -1.99. The van der Waals surface area contributed by atoms with E-state index < -0.39 is 7.82 Å². The molecule has 0 aliphatic rings. The summed E-state index contributed by atoms with van der Waals surface area (Å²) in [7, 11) is -4.46. The Labute approximate surface area is 45.1 Å². The fraction of sp³-hybridized carbons (Fsp3) is 0. The molecule has 0 heterocycles. The molecule has 0 amide bonds. The number of hydrogen-bond donors (Lipinski definition) is 1. The Morgan fingerprint density at radius 3 is 2.50 bits per heavy atom. The summed E-state index contributed by atoms with van der Waals surface area (Å²) in [4.78, 5) is 7.99. The van der Waals surface area contributed by atoms with Gasteiger partial charge in [0, 0.05) is 0 Å². The second-order valence-corrected chi connectivity index (χ2v) is 2.10. The van der Waals surface area contributed by atoms with Crippen molar-refractivity contribution in [1.82, 2.24) is 0 Å². The summed E-state index contributed by atoms with van der Waals surface area (Å²) in [6.07, 6.45) is 0.611. The van der Waals surface area contributed by atoms with Crippen LogP contribution in [0.3, 0.4) is 0 Å². The van der Waals surface area contributed by atoms with E-state index in [2.05, 4.69) is 15.8 Å². The summed E-state index contributed by atoms with van der Waals surface area (Å²) >= 11 is 0. The third kappa shape index (κ3) is 2.74. The highest BCUT2D eigenvalue weighted by Gasteiger charge is 2.20. The highest BCUT2D eigenvalue weighted by molar-refractivity contribution is 7.47. The van der Waals surface area contributed by atoms with E-state index in [1.54, 1.807) is 0 Å². The minimum atomic E-state index is -4.46. The summed E-state index contributed by atoms with van der Waals surface area (Å²) < 4.78 is 26.8. The van der Waals surface area contributed by atoms with Gasteiger partial charge in [0.25, 0.3) is 0 Å². The Morgan fingerprint density at radius 2 is 2.38 bits per heavy atom. The van der Waals surface area contributed by atoms with Crippen molar-refractivity contribution in [2.45, 2.75) is 0 Å². The normalized spacial score (nSPS) is 16.8. The first-order valence-electron chi connectivity index (χ1n) is 1.55. The predicted octanol–water partition coefficient (Wildman–Crippen LogP) is 1.15. The van der Waals surface area contributed by atoms with Crippen LogP contribution in [-0.2, 0) is 13.8 Å². The van der Waals surface area contributed by atoms with Crippen molar-refractivity contribution in [3.63, 3.8) is 0 Å². The maximum Gasteiger partial charge on any atom is 0.558 e. The molecule has 0 saturated heterocycles. The minimum absolute atomic E-state index is 0.611. The summed E-state index contributed by atoms with van der Waals surface area (Å²) in [5.74, 6) is 0. The van der Waals surface area contributed by atoms with Gasteiger partial charge in [0.2, 0.25) is 0 Å². The molecule has 6 heteroatoms. The molecule has 0 saturated carbocycles. The third-order valence-electron chi connectivity index (χ3n) is 0.295. The number of phosphoric ester groups is 1. The van der Waals surface area contributed by atoms with Gasteiger partial charge in [-0.25, -0.2) is 4.57 Å². The van der Waals surface area contributed by atoms with Crippen molar-refractivity contribution in [1.29, 1.82) is 0 Å². The summed E-state index contributed by atoms with van der Waals surface area (Å²) in [5.41, 5.74) is 0. The zero-order valence-electron chi connectivity index (χ0n) is 3.78. The van der Waals surface area contributed by atoms with Gasteiger partial charge in [0.15, 0.2) is 0 Å². The van der Waals surface area contributed by atoms with Crippen LogP contribution in [0.2, 0.25) is 0 Å². The average molecular weight is 142 g/mol. The Balaban J connectivity index is 3.72. The second kappa shape index (κ2) is 2.81. The fourth-order valence-electron chi connectivity index (χ4n) is 0.110. The lowest BCUT2D eigenvalue weighted by Crippen LogP contribution is -1.79. The van der Waals surface area contributed by atoms with Crippen LogP contribution in [0.15, 0.2) is 12.8 Å². The van der Waals surface area contributed by atoms with Crippen molar-refractivity contribution in [3.8, 4) is 0 Å². The van der Waals surface area contributed by atoms with E-state index >= 15 is 0 Å². The van der Waals surface area contributed by atoms with Crippen LogP contribution < -0.4 is 0 Å². The first-order chi connectivity index (χ1) is 3.62. The molecule has 0 bridgehead atoms. The van der Waals surface area contributed by atoms with E-state index in [1.165, 1.54) is 0 Å². The smallest absolute Gasteiger partial charge is 0.411 e. The molecule has 1 atom stereocenters. The average Bonchev–Trinajstić information content (AvgIpc) is 1.67. The van der Waals surface area contributed by atoms with Gasteiger partial charge in [-0.05, 0) is 4.53 Å². The van der Waals surface area contributed by atoms with Crippen LogP contribution in [0, 0.1) is 0 Å². The Kier molecular flexibility index (Phi) is 2.68. The highest BCUT2D eigenvalue weighted by atomic mass is 31.2. The van der Waals surface area contributed by atoms with Gasteiger partial charge in [-0.15, -0.1) is 0 Å². The van der Waals surface area contributed by atoms with Crippen LogP contribution in [0.5, 0.6) is 0 Å². The molecule has 1 unspecified atom stereocenters. The lowest BCUT2D eigenvalue weighted by atomic mass is 11.2. The van der Waals surface area contributed by atoms with Crippen LogP contribution in [0.25, 0.3) is 0 Å². The van der Waals surface area contributed by atoms with Crippen LogP contribution in [0.4, 0.5) is 4.53 Å². The zero-order chi connectivity index (χ0) is 6.62. The van der Waals surface area contributed by atoms with Crippen molar-refractivity contribution in [2.24, 2.45) is 0 Å². The standard InChI is InChI=1S/C2H4FO4P/c1-2-6-8(4,5)7-3/h2H,1H2,(H,4,5). The number of halogens is 1. The van der Waals surface area contributed by atoms with E-state index in [9.17, 15) is 9.09 Å². The first kappa shape index (κ1) is 7.62. The first-order valence-corrected chi connectivity index (χ1v) is 3.04. The van der Waals surface area contributed by atoms with Gasteiger partial charge in [-0.1, -0.05) is 11.3 Å². The van der Waals surface area contributed by atoms with Gasteiger partial charge in [0.05, 0.1) is 6.26 Å². The van der Waals surface area contributed by atoms with E-state index in [-0.39, 0.29) is 0 Å². The topological polar surface area (TPSA) is 55.8 Å². The molecule has 0 rings (SSSR count). The molecule has 8 heavy (non-hydrogen) atoms. The highest BCUT2D eigenvalue weighted by Crippen LogP contribution is 2.43. The van der Waals surface area contributed by atoms with Gasteiger partial charge >= 0.3 is 7.82 Å². The molecule has 0 spiro atoms. The quantitative estimate of drug-likeness (QED) is 0.474. The molecule has 0 aromatic carbocycles. The molecule has 0 fully saturated rings. The van der Waals surface area contributed by atoms with Crippen LogP contribution in [-0.4, -0.2) is 4.89 Å². The minimum Gasteiger partial charge on any atom is -0.411 e. The monoisotopic (exact) mass is 142 g/mol. The Morgan fingerprint density at radius 1 is 1.88 bits per heavy atom. The second-order valence-electron chi connectivity index (χ2n) is 0.810. The molecular formula is C2H4FO4P. The van der Waals surface area contributed by atoms with E-state index in [1.807, 2.05) is 0 Å². The fourth-order valence-corrected chi connectivity index (χ4v) is 0.331. The van der Waals surface area contributed by atoms with E-state index in [4.69, 9.17) is 4.89 Å². The zero-order valence-corrected chi connectivity index (χ0v) is 4.68. The molecule has 1 N–H and O–H groups in total. The van der Waals surface area contributed by atoms with E-state index in [0.717, 1.165) is 0 Å². The summed E-state index contributed by atoms with van der Waals surface area (Å²) in [6, 6.07) is 0. The molecule has 0 aromatic heterocycles. The maximum absolute atomic E-state index is 10.8. The van der Waals surface area contributed by atoms with Crippen molar-refractivity contribution >= 4 is 7.82 Å². The predicted molar refractivity (Wildman–Crippen MR) is 23.3 cm³/mol. The Bertz CT molecular complexity index is 123. The molecule has 4 nitrogen and oxygen atoms in total. The molecule has 0 aliphatic carbocycles. The van der Waals surface area contributed by atoms with Crippen molar-refractivity contribution < 1.29 is 23.2 Å². The third-order valence-corrected chi connectivity index (χ3v) is 0.885. The summed E-state index contributed by atoms with van der Waals surface area (Å²) in [6.45, 7) is 2.89. The van der Waals surface area contributed by atoms with Crippen LogP contribution >= 0.6 is 7.82 Å². The van der Waals surface area contributed by atoms with Crippen LogP contribution in [0.1, 0.15) is 0 Å². The largest absolute Gasteiger partial charge is 0.558 e. The molecular weight excluding hydrogens is 138 g/mol. The van der Waals surface area contributed by atoms with Crippen molar-refractivity contribution in [3.05, 3.63) is 12.8 Å². The lowest BCUT2D eigenvalue weighted by molar-refractivity contribution is -0.0403. The molecule has 0 radical (unpaired) electrons. The van der Waals surface area contributed by atoms with Gasteiger partial charge in [-0.2, -0.15) is 0 Å². The maximum atomic E-state index is 10.8. The Hall–Kier alpha value is -0.380. The van der Waals surface area contributed by atoms with Gasteiger partial charge in [0.1, 0.15) is 0 Å².